The van der Waals surface area contributed by atoms with Crippen molar-refractivity contribution in [1.82, 2.24) is 5.32 Å². The molecular weight excluding hydrogens is 255 g/mol. The number of rotatable bonds is 5. The Kier molecular flexibility index (Phi) is 5.51. The van der Waals surface area contributed by atoms with Crippen LogP contribution in [-0.4, -0.2) is 31.5 Å². The Balaban J connectivity index is 1.65. The Morgan fingerprint density at radius 1 is 1.00 bits per heavy atom. The molecular formula is C14H24F3NO. The molecule has 112 valence electrons. The first kappa shape index (κ1) is 15.1. The molecule has 2 atom stereocenters. The highest BCUT2D eigenvalue weighted by Gasteiger charge is 2.31. The van der Waals surface area contributed by atoms with Crippen molar-refractivity contribution in [3.05, 3.63) is 0 Å². The van der Waals surface area contributed by atoms with Crippen molar-refractivity contribution >= 4 is 0 Å². The third-order valence-corrected chi connectivity index (χ3v) is 4.28. The third-order valence-electron chi connectivity index (χ3n) is 4.28. The van der Waals surface area contributed by atoms with Crippen LogP contribution in [0.5, 0.6) is 0 Å². The molecule has 0 saturated heterocycles. The van der Waals surface area contributed by atoms with E-state index in [1.165, 1.54) is 25.7 Å². The van der Waals surface area contributed by atoms with E-state index in [0.717, 1.165) is 38.1 Å². The molecule has 0 heterocycles. The van der Waals surface area contributed by atoms with E-state index in [-0.39, 0.29) is 6.10 Å². The second-order valence-electron chi connectivity index (χ2n) is 5.97. The summed E-state index contributed by atoms with van der Waals surface area (Å²) in [4.78, 5) is 0. The van der Waals surface area contributed by atoms with Crippen LogP contribution in [0.2, 0.25) is 0 Å². The average Bonchev–Trinajstić information content (AvgIpc) is 2.87. The first-order chi connectivity index (χ1) is 9.03. The number of nitrogens with one attached hydrogen (secondary N) is 1. The molecule has 0 aromatic carbocycles. The zero-order chi connectivity index (χ0) is 13.7. The highest BCUT2D eigenvalue weighted by molar-refractivity contribution is 4.80. The van der Waals surface area contributed by atoms with Gasteiger partial charge in [-0.15, -0.1) is 0 Å². The Labute approximate surface area is 113 Å². The molecule has 0 aliphatic heterocycles. The lowest BCUT2D eigenvalue weighted by molar-refractivity contribution is -0.188. The molecule has 2 rings (SSSR count). The molecule has 0 radical (unpaired) electrons. The standard InChI is InChI=1S/C14H24F3NO/c15-14(16,17)10-19-13-7-3-6-12(8-13)18-9-11-4-1-2-5-11/h11-13,18H,1-10H2. The van der Waals surface area contributed by atoms with Gasteiger partial charge in [0.2, 0.25) is 0 Å². The zero-order valence-corrected chi connectivity index (χ0v) is 11.3. The normalized spacial score (nSPS) is 29.8. The van der Waals surface area contributed by atoms with E-state index in [2.05, 4.69) is 5.32 Å². The molecule has 0 spiro atoms. The average molecular weight is 279 g/mol. The fourth-order valence-corrected chi connectivity index (χ4v) is 3.24. The predicted octanol–water partition coefficient (Wildman–Crippen LogP) is 3.66. The molecule has 0 bridgehead atoms. The number of halogens is 3. The minimum absolute atomic E-state index is 0.226. The van der Waals surface area contributed by atoms with Gasteiger partial charge in [-0.1, -0.05) is 12.8 Å². The van der Waals surface area contributed by atoms with Crippen molar-refractivity contribution in [3.63, 3.8) is 0 Å². The predicted molar refractivity (Wildman–Crippen MR) is 68.0 cm³/mol. The molecule has 0 aromatic rings. The third kappa shape index (κ3) is 5.69. The summed E-state index contributed by atoms with van der Waals surface area (Å²) in [6, 6.07) is 0.340. The van der Waals surface area contributed by atoms with Crippen LogP contribution in [0.25, 0.3) is 0 Å². The molecule has 2 saturated carbocycles. The highest BCUT2D eigenvalue weighted by atomic mass is 19.4. The number of hydrogen-bond acceptors (Lipinski definition) is 2. The molecule has 0 aromatic heterocycles. The Morgan fingerprint density at radius 3 is 2.42 bits per heavy atom. The van der Waals surface area contributed by atoms with Gasteiger partial charge in [-0.3, -0.25) is 0 Å². The largest absolute Gasteiger partial charge is 0.411 e. The van der Waals surface area contributed by atoms with Gasteiger partial charge in [0.1, 0.15) is 6.61 Å². The van der Waals surface area contributed by atoms with Crippen molar-refractivity contribution in [2.24, 2.45) is 5.92 Å². The molecule has 0 amide bonds. The molecule has 2 fully saturated rings. The molecule has 2 aliphatic rings. The lowest BCUT2D eigenvalue weighted by Gasteiger charge is -2.31. The van der Waals surface area contributed by atoms with Crippen molar-refractivity contribution in [2.75, 3.05) is 13.2 Å². The first-order valence-electron chi connectivity index (χ1n) is 7.44. The summed E-state index contributed by atoms with van der Waals surface area (Å²) in [6.45, 7) is -0.0797. The van der Waals surface area contributed by atoms with Gasteiger partial charge in [0.25, 0.3) is 0 Å². The maximum atomic E-state index is 12.1. The van der Waals surface area contributed by atoms with Crippen LogP contribution >= 0.6 is 0 Å². The van der Waals surface area contributed by atoms with Gasteiger partial charge < -0.3 is 10.1 Å². The van der Waals surface area contributed by atoms with Gasteiger partial charge in [0, 0.05) is 6.04 Å². The lowest BCUT2D eigenvalue weighted by atomic mass is 9.92. The van der Waals surface area contributed by atoms with Gasteiger partial charge in [-0.05, 0) is 51.0 Å². The van der Waals surface area contributed by atoms with Crippen molar-refractivity contribution < 1.29 is 17.9 Å². The summed E-state index contributed by atoms with van der Waals surface area (Å²) < 4.78 is 41.3. The van der Waals surface area contributed by atoms with E-state index in [9.17, 15) is 13.2 Å². The summed E-state index contributed by atoms with van der Waals surface area (Å²) in [5.74, 6) is 0.775. The number of hydrogen-bond donors (Lipinski definition) is 1. The van der Waals surface area contributed by atoms with E-state index in [1.807, 2.05) is 0 Å². The van der Waals surface area contributed by atoms with Gasteiger partial charge in [-0.2, -0.15) is 13.2 Å². The van der Waals surface area contributed by atoms with Crippen LogP contribution in [0.1, 0.15) is 51.4 Å². The SMILES string of the molecule is FC(F)(F)COC1CCCC(NCC2CCCC2)C1. The van der Waals surface area contributed by atoms with Gasteiger partial charge >= 0.3 is 6.18 Å². The van der Waals surface area contributed by atoms with Crippen molar-refractivity contribution in [3.8, 4) is 0 Å². The van der Waals surface area contributed by atoms with Crippen molar-refractivity contribution in [1.29, 1.82) is 0 Å². The Bertz CT molecular complexity index is 264. The van der Waals surface area contributed by atoms with Crippen LogP contribution in [-0.2, 0) is 4.74 Å². The zero-order valence-electron chi connectivity index (χ0n) is 11.3. The topological polar surface area (TPSA) is 21.3 Å². The smallest absolute Gasteiger partial charge is 0.369 e. The lowest BCUT2D eigenvalue weighted by Crippen LogP contribution is -2.39. The minimum atomic E-state index is -4.20. The molecule has 2 aliphatic carbocycles. The monoisotopic (exact) mass is 279 g/mol. The van der Waals surface area contributed by atoms with Crippen LogP contribution in [0.15, 0.2) is 0 Å². The van der Waals surface area contributed by atoms with Gasteiger partial charge in [0.15, 0.2) is 0 Å². The van der Waals surface area contributed by atoms with Crippen LogP contribution in [0, 0.1) is 5.92 Å². The van der Waals surface area contributed by atoms with E-state index in [4.69, 9.17) is 4.74 Å². The van der Waals surface area contributed by atoms with Gasteiger partial charge in [-0.25, -0.2) is 0 Å². The molecule has 2 nitrogen and oxygen atoms in total. The van der Waals surface area contributed by atoms with Crippen LogP contribution in [0.4, 0.5) is 13.2 Å². The number of alkyl halides is 3. The molecule has 19 heavy (non-hydrogen) atoms. The summed E-state index contributed by atoms with van der Waals surface area (Å²) in [5, 5.41) is 3.53. The first-order valence-corrected chi connectivity index (χ1v) is 7.44. The minimum Gasteiger partial charge on any atom is -0.369 e. The Hall–Kier alpha value is -0.290. The van der Waals surface area contributed by atoms with Crippen molar-refractivity contribution in [2.45, 2.75) is 69.7 Å². The summed E-state index contributed by atoms with van der Waals surface area (Å²) >= 11 is 0. The summed E-state index contributed by atoms with van der Waals surface area (Å²) in [5.41, 5.74) is 0. The van der Waals surface area contributed by atoms with E-state index in [1.54, 1.807) is 0 Å². The fraction of sp³-hybridized carbons (Fsp3) is 1.00. The van der Waals surface area contributed by atoms with E-state index >= 15 is 0 Å². The maximum Gasteiger partial charge on any atom is 0.411 e. The van der Waals surface area contributed by atoms with E-state index < -0.39 is 12.8 Å². The molecule has 1 N–H and O–H groups in total. The fourth-order valence-electron chi connectivity index (χ4n) is 3.24. The highest BCUT2D eigenvalue weighted by Crippen LogP contribution is 2.26. The van der Waals surface area contributed by atoms with Crippen LogP contribution in [0.3, 0.4) is 0 Å². The number of ether oxygens (including phenoxy) is 1. The quantitative estimate of drug-likeness (QED) is 0.829. The Morgan fingerprint density at radius 2 is 1.74 bits per heavy atom. The maximum absolute atomic E-state index is 12.1. The summed E-state index contributed by atoms with van der Waals surface area (Å²) in [7, 11) is 0. The second-order valence-corrected chi connectivity index (χ2v) is 5.97. The van der Waals surface area contributed by atoms with E-state index in [0.29, 0.717) is 6.04 Å². The molecule has 2 unspecified atom stereocenters. The van der Waals surface area contributed by atoms with Crippen LogP contribution < -0.4 is 5.32 Å². The summed E-state index contributed by atoms with van der Waals surface area (Å²) in [6.07, 6.45) is 4.34. The van der Waals surface area contributed by atoms with Gasteiger partial charge in [0.05, 0.1) is 6.10 Å². The molecule has 5 heteroatoms. The second kappa shape index (κ2) is 6.93.